The van der Waals surface area contributed by atoms with Gasteiger partial charge in [0.25, 0.3) is 0 Å². The van der Waals surface area contributed by atoms with Crippen molar-refractivity contribution in [1.82, 2.24) is 10.2 Å². The summed E-state index contributed by atoms with van der Waals surface area (Å²) in [5.41, 5.74) is 1.81. The molecule has 0 spiro atoms. The van der Waals surface area contributed by atoms with Gasteiger partial charge < -0.3 is 10.2 Å². The molecule has 2 aliphatic rings. The molecule has 1 aliphatic carbocycles. The van der Waals surface area contributed by atoms with Crippen molar-refractivity contribution in [3.05, 3.63) is 59.5 Å². The summed E-state index contributed by atoms with van der Waals surface area (Å²) in [5, 5.41) is 5.14. The molecule has 2 aromatic rings. The van der Waals surface area contributed by atoms with Gasteiger partial charge in [-0.05, 0) is 61.6 Å². The van der Waals surface area contributed by atoms with E-state index in [0.29, 0.717) is 32.5 Å². The standard InChI is InChI=1S/C25H30N2O2S/c1-2-26-24(29)25(14-15-27(18-25)23(28)19-9-4-3-5-10-19)17-20-11-6-7-12-21(20)22-13-8-16-30-22/h3-4,6-8,11-13,16,19H,2,5,9-10,14-15,17-18H2,1H3,(H,26,29)/t19-,25+/m1/s1. The van der Waals surface area contributed by atoms with Crippen molar-refractivity contribution in [3.8, 4) is 10.4 Å². The van der Waals surface area contributed by atoms with E-state index in [1.165, 1.54) is 16.0 Å². The van der Waals surface area contributed by atoms with Crippen LogP contribution in [0.5, 0.6) is 0 Å². The number of rotatable bonds is 6. The Labute approximate surface area is 183 Å². The summed E-state index contributed by atoms with van der Waals surface area (Å²) in [4.78, 5) is 29.6. The predicted molar refractivity (Wildman–Crippen MR) is 122 cm³/mol. The average Bonchev–Trinajstić information content (AvgIpc) is 3.46. The molecule has 158 valence electrons. The molecule has 0 bridgehead atoms. The molecule has 1 aromatic heterocycles. The molecule has 2 heterocycles. The Morgan fingerprint density at radius 2 is 2.07 bits per heavy atom. The van der Waals surface area contributed by atoms with Gasteiger partial charge in [-0.2, -0.15) is 0 Å². The van der Waals surface area contributed by atoms with Crippen molar-refractivity contribution in [3.63, 3.8) is 0 Å². The first-order chi connectivity index (χ1) is 14.6. The van der Waals surface area contributed by atoms with Gasteiger partial charge in [0.1, 0.15) is 0 Å². The minimum atomic E-state index is -0.566. The van der Waals surface area contributed by atoms with Gasteiger partial charge in [-0.15, -0.1) is 11.3 Å². The Morgan fingerprint density at radius 1 is 1.20 bits per heavy atom. The molecule has 5 heteroatoms. The van der Waals surface area contributed by atoms with E-state index in [4.69, 9.17) is 0 Å². The Balaban J connectivity index is 1.60. The molecule has 0 saturated carbocycles. The van der Waals surface area contributed by atoms with Crippen LogP contribution >= 0.6 is 11.3 Å². The van der Waals surface area contributed by atoms with Gasteiger partial charge in [-0.1, -0.05) is 42.5 Å². The summed E-state index contributed by atoms with van der Waals surface area (Å²) in [6.07, 6.45) is 8.36. The van der Waals surface area contributed by atoms with Crippen LogP contribution in [0.1, 0.15) is 38.2 Å². The summed E-state index contributed by atoms with van der Waals surface area (Å²) in [6.45, 7) is 3.74. The number of carbonyl (C=O) groups excluding carboxylic acids is 2. The van der Waals surface area contributed by atoms with Crippen LogP contribution in [0, 0.1) is 11.3 Å². The van der Waals surface area contributed by atoms with E-state index < -0.39 is 5.41 Å². The zero-order chi connectivity index (χ0) is 21.0. The smallest absolute Gasteiger partial charge is 0.228 e. The number of likely N-dealkylation sites (tertiary alicyclic amines) is 1. The molecule has 1 aliphatic heterocycles. The normalized spacial score (nSPS) is 23.5. The molecule has 0 radical (unpaired) electrons. The van der Waals surface area contributed by atoms with E-state index in [2.05, 4.69) is 53.2 Å². The zero-order valence-electron chi connectivity index (χ0n) is 17.6. The number of thiophene rings is 1. The second-order valence-electron chi connectivity index (χ2n) is 8.44. The Kier molecular flexibility index (Phi) is 6.38. The third-order valence-electron chi connectivity index (χ3n) is 6.44. The van der Waals surface area contributed by atoms with Crippen molar-refractivity contribution in [2.45, 2.75) is 39.0 Å². The van der Waals surface area contributed by atoms with Gasteiger partial charge in [0.15, 0.2) is 0 Å². The first kappa shape index (κ1) is 20.9. The van der Waals surface area contributed by atoms with E-state index in [1.807, 2.05) is 17.9 Å². The molecular formula is C25H30N2O2S. The molecule has 1 aromatic carbocycles. The monoisotopic (exact) mass is 422 g/mol. The van der Waals surface area contributed by atoms with Gasteiger partial charge in [-0.3, -0.25) is 9.59 Å². The summed E-state index contributed by atoms with van der Waals surface area (Å²) in [7, 11) is 0. The maximum absolute atomic E-state index is 13.3. The zero-order valence-corrected chi connectivity index (χ0v) is 18.4. The summed E-state index contributed by atoms with van der Waals surface area (Å²) >= 11 is 1.72. The van der Waals surface area contributed by atoms with Crippen LogP contribution in [-0.4, -0.2) is 36.3 Å². The molecule has 2 atom stereocenters. The topological polar surface area (TPSA) is 49.4 Å². The SMILES string of the molecule is CCNC(=O)[C@]1(Cc2ccccc2-c2cccs2)CCN(C(=O)[C@@H]2CC=CCC2)C1. The van der Waals surface area contributed by atoms with E-state index >= 15 is 0 Å². The first-order valence-electron chi connectivity index (χ1n) is 11.0. The number of hydrogen-bond donors (Lipinski definition) is 1. The molecular weight excluding hydrogens is 392 g/mol. The molecule has 2 amide bonds. The lowest BCUT2D eigenvalue weighted by Gasteiger charge is -2.30. The quantitative estimate of drug-likeness (QED) is 0.688. The lowest BCUT2D eigenvalue weighted by Crippen LogP contribution is -2.46. The van der Waals surface area contributed by atoms with E-state index in [0.717, 1.165) is 19.3 Å². The lowest BCUT2D eigenvalue weighted by atomic mass is 9.78. The molecule has 4 nitrogen and oxygen atoms in total. The van der Waals surface area contributed by atoms with Crippen molar-refractivity contribution in [2.24, 2.45) is 11.3 Å². The second kappa shape index (κ2) is 9.17. The van der Waals surface area contributed by atoms with Crippen molar-refractivity contribution in [2.75, 3.05) is 19.6 Å². The van der Waals surface area contributed by atoms with Crippen LogP contribution in [-0.2, 0) is 16.0 Å². The number of hydrogen-bond acceptors (Lipinski definition) is 3. The number of nitrogens with one attached hydrogen (secondary N) is 1. The largest absolute Gasteiger partial charge is 0.356 e. The van der Waals surface area contributed by atoms with Crippen LogP contribution in [0.15, 0.2) is 53.9 Å². The number of nitrogens with zero attached hydrogens (tertiary/aromatic N) is 1. The highest BCUT2D eigenvalue weighted by atomic mass is 32.1. The maximum atomic E-state index is 13.3. The van der Waals surface area contributed by atoms with Gasteiger partial charge in [-0.25, -0.2) is 0 Å². The number of benzene rings is 1. The van der Waals surface area contributed by atoms with E-state index in [-0.39, 0.29) is 17.7 Å². The summed E-state index contributed by atoms with van der Waals surface area (Å²) in [5.74, 6) is 0.361. The van der Waals surface area contributed by atoms with Gasteiger partial charge >= 0.3 is 0 Å². The molecule has 0 unspecified atom stereocenters. The predicted octanol–water partition coefficient (Wildman–Crippen LogP) is 4.67. The Hall–Kier alpha value is -2.40. The molecule has 4 rings (SSSR count). The number of allylic oxidation sites excluding steroid dienone is 2. The first-order valence-corrected chi connectivity index (χ1v) is 11.8. The van der Waals surface area contributed by atoms with Gasteiger partial charge in [0, 0.05) is 30.4 Å². The third-order valence-corrected chi connectivity index (χ3v) is 7.34. The van der Waals surface area contributed by atoms with Crippen LogP contribution in [0.2, 0.25) is 0 Å². The van der Waals surface area contributed by atoms with Gasteiger partial charge in [0.05, 0.1) is 5.41 Å². The Morgan fingerprint density at radius 3 is 2.80 bits per heavy atom. The van der Waals surface area contributed by atoms with Crippen molar-refractivity contribution >= 4 is 23.2 Å². The minimum Gasteiger partial charge on any atom is -0.356 e. The Bertz CT molecular complexity index is 921. The van der Waals surface area contributed by atoms with Crippen LogP contribution in [0.25, 0.3) is 10.4 Å². The fourth-order valence-corrected chi connectivity index (χ4v) is 5.59. The highest BCUT2D eigenvalue weighted by Gasteiger charge is 2.46. The molecule has 1 saturated heterocycles. The second-order valence-corrected chi connectivity index (χ2v) is 9.39. The summed E-state index contributed by atoms with van der Waals surface area (Å²) in [6, 6.07) is 12.6. The van der Waals surface area contributed by atoms with Crippen molar-refractivity contribution < 1.29 is 9.59 Å². The fourth-order valence-electron chi connectivity index (χ4n) is 4.81. The number of amides is 2. The number of carbonyl (C=O) groups is 2. The van der Waals surface area contributed by atoms with Gasteiger partial charge in [0.2, 0.25) is 11.8 Å². The van der Waals surface area contributed by atoms with Crippen LogP contribution in [0.3, 0.4) is 0 Å². The molecule has 30 heavy (non-hydrogen) atoms. The highest BCUT2D eigenvalue weighted by Crippen LogP contribution is 2.39. The van der Waals surface area contributed by atoms with E-state index in [1.54, 1.807) is 11.3 Å². The lowest BCUT2D eigenvalue weighted by molar-refractivity contribution is -0.136. The average molecular weight is 423 g/mol. The minimum absolute atomic E-state index is 0.0680. The van der Waals surface area contributed by atoms with Crippen LogP contribution < -0.4 is 5.32 Å². The summed E-state index contributed by atoms with van der Waals surface area (Å²) < 4.78 is 0. The maximum Gasteiger partial charge on any atom is 0.228 e. The molecule has 1 fully saturated rings. The highest BCUT2D eigenvalue weighted by molar-refractivity contribution is 7.13. The van der Waals surface area contributed by atoms with Crippen LogP contribution in [0.4, 0.5) is 0 Å². The third kappa shape index (κ3) is 4.22. The molecule has 1 N–H and O–H groups in total. The van der Waals surface area contributed by atoms with Crippen molar-refractivity contribution in [1.29, 1.82) is 0 Å². The fraction of sp³-hybridized carbons (Fsp3) is 0.440. The van der Waals surface area contributed by atoms with E-state index in [9.17, 15) is 9.59 Å².